The highest BCUT2D eigenvalue weighted by Crippen LogP contribution is 2.52. The van der Waals surface area contributed by atoms with Crippen molar-refractivity contribution in [3.63, 3.8) is 0 Å². The SMILES string of the molecule is CC(C)(C)C[C@@H]1N[C@@H](C(=O)NC2CCC(NOC(=O)C(F)(F)F)CC2)[C@H](c2cccc(Cl)c2F)[C@@]1(C#N)c1ccc(Cl)cc1F. The molecule has 1 heterocycles. The van der Waals surface area contributed by atoms with Gasteiger partial charge in [0.25, 0.3) is 0 Å². The number of carbonyl (C=O) groups excluding carboxylic acids is 2. The van der Waals surface area contributed by atoms with Crippen molar-refractivity contribution in [2.75, 3.05) is 0 Å². The molecular weight excluding hydrogens is 642 g/mol. The Hall–Kier alpha value is -2.98. The van der Waals surface area contributed by atoms with Gasteiger partial charge in [-0.3, -0.25) is 4.79 Å². The van der Waals surface area contributed by atoms with Gasteiger partial charge in [-0.1, -0.05) is 62.2 Å². The standard InChI is InChI=1S/C31H33Cl2F5N4O3/c1-29(2,3)14-23-30(15-39,20-12-7-16(32)13-22(20)34)24(19-5-4-6-21(33)25(19)35)26(41-23)27(43)40-17-8-10-18(11-9-17)42-45-28(44)31(36,37)38/h4-7,12-13,17-18,23-24,26,41-42H,8-11,14H2,1-3H3,(H,40,43)/t17?,18?,23-,24-,26+,30-/m0/s1. The molecule has 2 aromatic carbocycles. The van der Waals surface area contributed by atoms with Gasteiger partial charge >= 0.3 is 12.1 Å². The van der Waals surface area contributed by atoms with E-state index in [9.17, 15) is 28.0 Å². The number of hydroxylamine groups is 1. The Kier molecular flexibility index (Phi) is 10.4. The molecule has 0 aromatic heterocycles. The molecule has 4 atom stereocenters. The van der Waals surface area contributed by atoms with Crippen LogP contribution in [0.2, 0.25) is 10.0 Å². The number of hydrogen-bond donors (Lipinski definition) is 3. The monoisotopic (exact) mass is 674 g/mol. The van der Waals surface area contributed by atoms with Gasteiger partial charge in [-0.15, -0.1) is 5.48 Å². The minimum absolute atomic E-state index is 0.0400. The topological polar surface area (TPSA) is 103 Å². The summed E-state index contributed by atoms with van der Waals surface area (Å²) >= 11 is 12.2. The normalized spacial score (nSPS) is 27.1. The fraction of sp³-hybridized carbons (Fsp3) is 0.516. The highest BCUT2D eigenvalue weighted by atomic mass is 35.5. The molecule has 1 saturated heterocycles. The predicted molar refractivity (Wildman–Crippen MR) is 157 cm³/mol. The van der Waals surface area contributed by atoms with Gasteiger partial charge in [0.15, 0.2) is 0 Å². The number of carbonyl (C=O) groups is 2. The Bertz CT molecular complexity index is 1470. The van der Waals surface area contributed by atoms with Crippen LogP contribution in [-0.4, -0.2) is 42.2 Å². The van der Waals surface area contributed by atoms with Gasteiger partial charge in [-0.2, -0.15) is 18.4 Å². The Labute approximate surface area is 267 Å². The third-order valence-electron chi connectivity index (χ3n) is 8.35. The predicted octanol–water partition coefficient (Wildman–Crippen LogP) is 6.63. The smallest absolute Gasteiger partial charge is 0.363 e. The molecule has 0 radical (unpaired) electrons. The van der Waals surface area contributed by atoms with Crippen molar-refractivity contribution in [1.82, 2.24) is 16.1 Å². The molecule has 1 aliphatic carbocycles. The van der Waals surface area contributed by atoms with E-state index in [4.69, 9.17) is 23.2 Å². The summed E-state index contributed by atoms with van der Waals surface area (Å²) in [6.07, 6.45) is -3.61. The van der Waals surface area contributed by atoms with Crippen molar-refractivity contribution in [3.05, 3.63) is 69.2 Å². The van der Waals surface area contributed by atoms with E-state index in [0.29, 0.717) is 19.3 Å². The molecule has 2 aromatic rings. The van der Waals surface area contributed by atoms with Crippen molar-refractivity contribution >= 4 is 35.1 Å². The number of hydrogen-bond acceptors (Lipinski definition) is 6. The third kappa shape index (κ3) is 7.54. The van der Waals surface area contributed by atoms with E-state index >= 15 is 8.78 Å². The van der Waals surface area contributed by atoms with Gasteiger partial charge in [0, 0.05) is 34.6 Å². The zero-order valence-electron chi connectivity index (χ0n) is 24.7. The number of rotatable bonds is 7. The highest BCUT2D eigenvalue weighted by molar-refractivity contribution is 6.31. The number of benzene rings is 2. The highest BCUT2D eigenvalue weighted by Gasteiger charge is 2.61. The second-order valence-electron chi connectivity index (χ2n) is 12.7. The van der Waals surface area contributed by atoms with Crippen LogP contribution in [0.5, 0.6) is 0 Å². The summed E-state index contributed by atoms with van der Waals surface area (Å²) in [5.74, 6) is -5.77. The fourth-order valence-electron chi connectivity index (χ4n) is 6.40. The molecule has 2 fully saturated rings. The molecule has 244 valence electrons. The van der Waals surface area contributed by atoms with E-state index in [0.717, 1.165) is 6.07 Å². The number of amides is 1. The molecule has 45 heavy (non-hydrogen) atoms. The maximum absolute atomic E-state index is 15.8. The Morgan fingerprint density at radius 1 is 1.07 bits per heavy atom. The Morgan fingerprint density at radius 2 is 1.71 bits per heavy atom. The summed E-state index contributed by atoms with van der Waals surface area (Å²) in [6, 6.07) is 7.42. The van der Waals surface area contributed by atoms with Gasteiger partial charge < -0.3 is 15.5 Å². The quantitative estimate of drug-likeness (QED) is 0.225. The Morgan fingerprint density at radius 3 is 2.29 bits per heavy atom. The second-order valence-corrected chi connectivity index (χ2v) is 13.6. The van der Waals surface area contributed by atoms with Crippen LogP contribution in [0.3, 0.4) is 0 Å². The van der Waals surface area contributed by atoms with Crippen LogP contribution >= 0.6 is 23.2 Å². The van der Waals surface area contributed by atoms with E-state index in [1.165, 1.54) is 30.3 Å². The minimum Gasteiger partial charge on any atom is -0.363 e. The van der Waals surface area contributed by atoms with Crippen LogP contribution in [0.4, 0.5) is 22.0 Å². The van der Waals surface area contributed by atoms with Crippen molar-refractivity contribution in [2.24, 2.45) is 5.41 Å². The lowest BCUT2D eigenvalue weighted by Gasteiger charge is -2.37. The maximum atomic E-state index is 15.8. The zero-order chi connectivity index (χ0) is 33.3. The summed E-state index contributed by atoms with van der Waals surface area (Å²) in [7, 11) is 0. The number of alkyl halides is 3. The summed E-state index contributed by atoms with van der Waals surface area (Å²) in [6.45, 7) is 5.78. The molecule has 4 rings (SSSR count). The van der Waals surface area contributed by atoms with E-state index in [-0.39, 0.29) is 34.0 Å². The maximum Gasteiger partial charge on any atom is 0.492 e. The first-order chi connectivity index (χ1) is 21.0. The van der Waals surface area contributed by atoms with Gasteiger partial charge in [-0.25, -0.2) is 13.6 Å². The number of halogens is 7. The van der Waals surface area contributed by atoms with Crippen LogP contribution in [-0.2, 0) is 19.8 Å². The first kappa shape index (κ1) is 34.9. The lowest BCUT2D eigenvalue weighted by Crippen LogP contribution is -2.50. The van der Waals surface area contributed by atoms with E-state index in [1.54, 1.807) is 0 Å². The lowest BCUT2D eigenvalue weighted by molar-refractivity contribution is -0.208. The molecule has 7 nitrogen and oxygen atoms in total. The third-order valence-corrected chi connectivity index (χ3v) is 8.88. The number of nitrogens with zero attached hydrogens (tertiary/aromatic N) is 1. The molecule has 0 spiro atoms. The second kappa shape index (κ2) is 13.4. The molecule has 2 aliphatic rings. The van der Waals surface area contributed by atoms with E-state index in [1.807, 2.05) is 20.8 Å². The molecule has 0 bridgehead atoms. The molecular formula is C31H33Cl2F5N4O3. The van der Waals surface area contributed by atoms with Crippen molar-refractivity contribution in [2.45, 2.75) is 94.6 Å². The average molecular weight is 676 g/mol. The molecule has 0 unspecified atom stereocenters. The van der Waals surface area contributed by atoms with Gasteiger partial charge in [0.2, 0.25) is 5.91 Å². The lowest BCUT2D eigenvalue weighted by atomic mass is 9.62. The van der Waals surface area contributed by atoms with Gasteiger partial charge in [-0.05, 0) is 61.3 Å². The van der Waals surface area contributed by atoms with Crippen LogP contribution < -0.4 is 16.1 Å². The fourth-order valence-corrected chi connectivity index (χ4v) is 6.74. The van der Waals surface area contributed by atoms with Crippen LogP contribution in [0.1, 0.15) is 69.9 Å². The van der Waals surface area contributed by atoms with Crippen molar-refractivity contribution in [3.8, 4) is 6.07 Å². The van der Waals surface area contributed by atoms with Gasteiger partial charge in [0.05, 0.1) is 17.1 Å². The first-order valence-electron chi connectivity index (χ1n) is 14.4. The molecule has 1 saturated carbocycles. The number of nitrogens with one attached hydrogen (secondary N) is 3. The summed E-state index contributed by atoms with van der Waals surface area (Å²) < 4.78 is 68.9. The van der Waals surface area contributed by atoms with E-state index < -0.39 is 70.6 Å². The zero-order valence-corrected chi connectivity index (χ0v) is 26.2. The van der Waals surface area contributed by atoms with Crippen molar-refractivity contribution < 1.29 is 36.4 Å². The first-order valence-corrected chi connectivity index (χ1v) is 15.1. The molecule has 3 N–H and O–H groups in total. The molecule has 1 aliphatic heterocycles. The summed E-state index contributed by atoms with van der Waals surface area (Å²) in [5, 5.41) is 17.0. The molecule has 14 heteroatoms. The molecule has 1 amide bonds. The average Bonchev–Trinajstić information content (AvgIpc) is 3.26. The van der Waals surface area contributed by atoms with Crippen LogP contribution in [0.15, 0.2) is 36.4 Å². The summed E-state index contributed by atoms with van der Waals surface area (Å²) in [5.41, 5.74) is -0.134. The largest absolute Gasteiger partial charge is 0.492 e. The van der Waals surface area contributed by atoms with E-state index in [2.05, 4.69) is 27.0 Å². The van der Waals surface area contributed by atoms with Crippen LogP contribution in [0.25, 0.3) is 0 Å². The Balaban J connectivity index is 1.68. The van der Waals surface area contributed by atoms with Crippen molar-refractivity contribution in [1.29, 1.82) is 5.26 Å². The minimum atomic E-state index is -5.14. The van der Waals surface area contributed by atoms with Gasteiger partial charge in [0.1, 0.15) is 17.0 Å². The van der Waals surface area contributed by atoms with Crippen LogP contribution in [0, 0.1) is 28.4 Å². The summed E-state index contributed by atoms with van der Waals surface area (Å²) in [4.78, 5) is 29.2. The number of nitriles is 1.